The average Bonchev–Trinajstić information content (AvgIpc) is 2.95. The van der Waals surface area contributed by atoms with Crippen molar-refractivity contribution in [1.82, 2.24) is 13.7 Å². The van der Waals surface area contributed by atoms with Crippen molar-refractivity contribution in [2.24, 2.45) is 0 Å². The molecule has 0 radical (unpaired) electrons. The molecule has 0 fully saturated rings. The summed E-state index contributed by atoms with van der Waals surface area (Å²) in [6.07, 6.45) is 8.60. The molecule has 0 atom stereocenters. The van der Waals surface area contributed by atoms with Crippen LogP contribution in [0.3, 0.4) is 0 Å². The molecule has 0 aliphatic heterocycles. The molecule has 3 rings (SSSR count). The van der Waals surface area contributed by atoms with E-state index in [0.29, 0.717) is 22.3 Å². The lowest BCUT2D eigenvalue weighted by atomic mass is 10.1. The van der Waals surface area contributed by atoms with E-state index >= 15 is 0 Å². The lowest BCUT2D eigenvalue weighted by Crippen LogP contribution is -2.54. The van der Waals surface area contributed by atoms with Gasteiger partial charge in [0.05, 0.1) is 44.6 Å². The van der Waals surface area contributed by atoms with Crippen molar-refractivity contribution < 1.29 is 4.74 Å². The zero-order valence-electron chi connectivity index (χ0n) is 21.7. The number of nitriles is 3. The van der Waals surface area contributed by atoms with Crippen LogP contribution in [0.2, 0.25) is 0 Å². The van der Waals surface area contributed by atoms with Gasteiger partial charge in [-0.2, -0.15) is 15.8 Å². The summed E-state index contributed by atoms with van der Waals surface area (Å²) in [5.41, 5.74) is 0.716. The van der Waals surface area contributed by atoms with Gasteiger partial charge in [0.15, 0.2) is 0 Å². The van der Waals surface area contributed by atoms with Crippen molar-refractivity contribution in [2.75, 3.05) is 0 Å². The largest absolute Gasteiger partial charge is 0.423 e. The van der Waals surface area contributed by atoms with E-state index in [0.717, 1.165) is 19.3 Å². The summed E-state index contributed by atoms with van der Waals surface area (Å²) in [7, 11) is 0. The van der Waals surface area contributed by atoms with E-state index in [-0.39, 0.29) is 39.1 Å². The number of ether oxygens (including phenoxy) is 1. The molecule has 0 saturated carbocycles. The fraction of sp³-hybridized carbons (Fsp3) is 0.200. The van der Waals surface area contributed by atoms with E-state index < -0.39 is 17.1 Å². The Hall–Kier alpha value is -5.66. The van der Waals surface area contributed by atoms with Crippen molar-refractivity contribution in [3.05, 3.63) is 139 Å². The van der Waals surface area contributed by atoms with E-state index in [1.165, 1.54) is 0 Å². The Bertz CT molecular complexity index is 1750. The van der Waals surface area contributed by atoms with Crippen LogP contribution in [0.5, 0.6) is 0 Å². The quantitative estimate of drug-likeness (QED) is 0.256. The molecule has 0 saturated heterocycles. The normalized spacial score (nSPS) is 10.7. The Labute approximate surface area is 230 Å². The molecular weight excluding hydrogens is 508 g/mol. The molecule has 10 nitrogen and oxygen atoms in total. The van der Waals surface area contributed by atoms with Gasteiger partial charge in [-0.05, 0) is 27.8 Å². The minimum Gasteiger partial charge on any atom is -0.423 e. The van der Waals surface area contributed by atoms with Crippen molar-refractivity contribution in [2.45, 2.75) is 39.1 Å². The van der Waals surface area contributed by atoms with Gasteiger partial charge >= 0.3 is 17.1 Å². The second kappa shape index (κ2) is 14.3. The molecule has 0 aliphatic carbocycles. The molecule has 0 N–H and O–H groups in total. The maximum atomic E-state index is 13.5. The summed E-state index contributed by atoms with van der Waals surface area (Å²) in [6, 6.07) is 18.0. The van der Waals surface area contributed by atoms with Gasteiger partial charge in [0.25, 0.3) is 6.26 Å². The third-order valence-electron chi connectivity index (χ3n) is 5.79. The Morgan fingerprint density at radius 3 is 1.98 bits per heavy atom. The van der Waals surface area contributed by atoms with Gasteiger partial charge in [-0.15, -0.1) is 0 Å². The van der Waals surface area contributed by atoms with Gasteiger partial charge in [0.2, 0.25) is 0 Å². The smallest absolute Gasteiger partial charge is 0.336 e. The molecule has 200 valence electrons. The first-order chi connectivity index (χ1) is 19.4. The Morgan fingerprint density at radius 1 is 0.800 bits per heavy atom. The van der Waals surface area contributed by atoms with Crippen LogP contribution in [0.15, 0.2) is 99.4 Å². The number of benzene rings is 2. The highest BCUT2D eigenvalue weighted by Crippen LogP contribution is 2.09. The molecule has 1 heterocycles. The third-order valence-corrected chi connectivity index (χ3v) is 5.79. The Balaban J connectivity index is 2.08. The minimum absolute atomic E-state index is 0.0387. The topological polar surface area (TPSA) is 147 Å². The zero-order chi connectivity index (χ0) is 28.9. The second-order valence-electron chi connectivity index (χ2n) is 8.77. The van der Waals surface area contributed by atoms with E-state index in [1.54, 1.807) is 79.1 Å². The summed E-state index contributed by atoms with van der Waals surface area (Å²) in [6.45, 7) is 3.57. The lowest BCUT2D eigenvalue weighted by Gasteiger charge is -2.15. The maximum Gasteiger partial charge on any atom is 0.336 e. The first-order valence-corrected chi connectivity index (χ1v) is 12.2. The predicted molar refractivity (Wildman–Crippen MR) is 148 cm³/mol. The standard InChI is InChI=1S/C30H26N6O4/c1-23(8-4-2-3-5-14-31)18-34-28(37)35(19-25-10-6-9-24(16-25)13-15-32)30(39)36(29(34)38)20-26-11-7-12-27(17-26)21-40-22-33/h2-4,6-12,16-17H,1,5,13,18-21H2/b3-2+,8-4-. The van der Waals surface area contributed by atoms with Crippen LogP contribution in [0.1, 0.15) is 28.7 Å². The van der Waals surface area contributed by atoms with Gasteiger partial charge in [-0.3, -0.25) is 0 Å². The summed E-state index contributed by atoms with van der Waals surface area (Å²) in [5, 5.41) is 26.4. The van der Waals surface area contributed by atoms with Crippen LogP contribution in [-0.2, 0) is 37.4 Å². The summed E-state index contributed by atoms with van der Waals surface area (Å²) in [4.78, 5) is 40.4. The number of allylic oxidation sites excluding steroid dienone is 5. The van der Waals surface area contributed by atoms with Gasteiger partial charge in [-0.25, -0.2) is 28.1 Å². The van der Waals surface area contributed by atoms with E-state index in [2.05, 4.69) is 12.6 Å². The number of hydrogen-bond donors (Lipinski definition) is 0. The van der Waals surface area contributed by atoms with Crippen molar-refractivity contribution in [3.8, 4) is 18.4 Å². The van der Waals surface area contributed by atoms with E-state index in [1.807, 2.05) is 6.07 Å². The summed E-state index contributed by atoms with van der Waals surface area (Å²) < 4.78 is 7.71. The van der Waals surface area contributed by atoms with Gasteiger partial charge < -0.3 is 4.74 Å². The van der Waals surface area contributed by atoms with E-state index in [9.17, 15) is 14.4 Å². The molecule has 0 amide bonds. The fourth-order valence-corrected chi connectivity index (χ4v) is 3.96. The van der Waals surface area contributed by atoms with Gasteiger partial charge in [0, 0.05) is 0 Å². The maximum absolute atomic E-state index is 13.5. The molecule has 0 unspecified atom stereocenters. The van der Waals surface area contributed by atoms with Crippen molar-refractivity contribution in [1.29, 1.82) is 15.8 Å². The molecule has 1 aromatic heterocycles. The highest BCUT2D eigenvalue weighted by atomic mass is 16.5. The molecule has 0 aliphatic rings. The van der Waals surface area contributed by atoms with Crippen molar-refractivity contribution >= 4 is 0 Å². The van der Waals surface area contributed by atoms with E-state index in [4.69, 9.17) is 20.5 Å². The van der Waals surface area contributed by atoms with Crippen molar-refractivity contribution in [3.63, 3.8) is 0 Å². The van der Waals surface area contributed by atoms with Gasteiger partial charge in [-0.1, -0.05) is 79.4 Å². The zero-order valence-corrected chi connectivity index (χ0v) is 21.7. The molecule has 0 bridgehead atoms. The third kappa shape index (κ3) is 7.67. The van der Waals surface area contributed by atoms with Crippen LogP contribution >= 0.6 is 0 Å². The number of nitrogens with zero attached hydrogens (tertiary/aromatic N) is 6. The molecular formula is C30H26N6O4. The average molecular weight is 535 g/mol. The molecule has 10 heteroatoms. The monoisotopic (exact) mass is 534 g/mol. The first-order valence-electron chi connectivity index (χ1n) is 12.2. The summed E-state index contributed by atoms with van der Waals surface area (Å²) in [5.74, 6) is 0. The highest BCUT2D eigenvalue weighted by molar-refractivity contribution is 5.26. The SMILES string of the molecule is C=C(/C=C\C=C\CC#N)Cn1c(=O)n(Cc2cccc(CC#N)c2)c(=O)n(Cc2cccc(COC#N)c2)c1=O. The number of hydrogen-bond acceptors (Lipinski definition) is 7. The van der Waals surface area contributed by atoms with Crippen LogP contribution < -0.4 is 17.1 Å². The summed E-state index contributed by atoms with van der Waals surface area (Å²) >= 11 is 0. The molecule has 0 spiro atoms. The Morgan fingerprint density at radius 2 is 1.38 bits per heavy atom. The van der Waals surface area contributed by atoms with Crippen LogP contribution in [0, 0.1) is 34.2 Å². The lowest BCUT2D eigenvalue weighted by molar-refractivity contribution is 0.257. The Kier molecular flexibility index (Phi) is 10.4. The predicted octanol–water partition coefficient (Wildman–Crippen LogP) is 2.91. The fourth-order valence-electron chi connectivity index (χ4n) is 3.96. The molecule has 3 aromatic rings. The number of rotatable bonds is 12. The number of aromatic nitrogens is 3. The second-order valence-corrected chi connectivity index (χ2v) is 8.77. The first kappa shape index (κ1) is 28.9. The van der Waals surface area contributed by atoms with Crippen LogP contribution in [0.25, 0.3) is 0 Å². The van der Waals surface area contributed by atoms with Crippen LogP contribution in [-0.4, -0.2) is 13.7 Å². The molecule has 40 heavy (non-hydrogen) atoms. The highest BCUT2D eigenvalue weighted by Gasteiger charge is 2.17. The van der Waals surface area contributed by atoms with Crippen LogP contribution in [0.4, 0.5) is 0 Å². The minimum atomic E-state index is -0.794. The van der Waals surface area contributed by atoms with Gasteiger partial charge in [0.1, 0.15) is 6.61 Å². The molecule has 2 aromatic carbocycles.